The molecule has 16 heavy (non-hydrogen) atoms. The monoisotopic (exact) mass is 220 g/mol. The molecule has 0 saturated heterocycles. The predicted molar refractivity (Wildman–Crippen MR) is 60.6 cm³/mol. The molecule has 0 unspecified atom stereocenters. The first kappa shape index (κ1) is 11.0. The normalized spacial score (nSPS) is 25.1. The first-order chi connectivity index (χ1) is 7.45. The van der Waals surface area contributed by atoms with Crippen LogP contribution in [0.3, 0.4) is 0 Å². The fourth-order valence-electron chi connectivity index (χ4n) is 2.57. The van der Waals surface area contributed by atoms with Gasteiger partial charge in [-0.2, -0.15) is 0 Å². The number of fused-ring (bicyclic) bond motifs is 1. The number of aromatic hydroxyl groups is 1. The zero-order valence-electron chi connectivity index (χ0n) is 9.53. The Hall–Kier alpha value is -1.51. The quantitative estimate of drug-likeness (QED) is 0.804. The number of rotatable bonds is 2. The summed E-state index contributed by atoms with van der Waals surface area (Å²) in [6.45, 7) is 3.71. The minimum atomic E-state index is -0.779. The number of carboxylic acids is 1. The van der Waals surface area contributed by atoms with Crippen molar-refractivity contribution in [1.29, 1.82) is 0 Å². The Morgan fingerprint density at radius 1 is 1.50 bits per heavy atom. The second-order valence-electron chi connectivity index (χ2n) is 4.82. The maximum Gasteiger partial charge on any atom is 0.307 e. The molecule has 1 aromatic rings. The van der Waals surface area contributed by atoms with E-state index in [1.807, 2.05) is 13.0 Å². The molecule has 1 aromatic carbocycles. The topological polar surface area (TPSA) is 57.5 Å². The van der Waals surface area contributed by atoms with Crippen molar-refractivity contribution in [3.05, 3.63) is 29.3 Å². The molecule has 86 valence electrons. The molecular formula is C13H16O3. The van der Waals surface area contributed by atoms with Crippen molar-refractivity contribution in [2.45, 2.75) is 32.1 Å². The maximum absolute atomic E-state index is 11.1. The molecule has 0 fully saturated rings. The van der Waals surface area contributed by atoms with E-state index in [1.165, 1.54) is 0 Å². The van der Waals surface area contributed by atoms with E-state index in [2.05, 4.69) is 0 Å². The van der Waals surface area contributed by atoms with Gasteiger partial charge in [-0.3, -0.25) is 4.79 Å². The van der Waals surface area contributed by atoms with Crippen molar-refractivity contribution in [3.63, 3.8) is 0 Å². The Bertz CT molecular complexity index is 439. The van der Waals surface area contributed by atoms with Crippen LogP contribution in [0.2, 0.25) is 0 Å². The summed E-state index contributed by atoms with van der Waals surface area (Å²) in [7, 11) is 0. The largest absolute Gasteiger partial charge is 0.508 e. The van der Waals surface area contributed by atoms with Crippen molar-refractivity contribution < 1.29 is 15.0 Å². The molecular weight excluding hydrogens is 204 g/mol. The van der Waals surface area contributed by atoms with Crippen LogP contribution < -0.4 is 0 Å². The highest BCUT2D eigenvalue weighted by atomic mass is 16.4. The van der Waals surface area contributed by atoms with Gasteiger partial charge in [0.1, 0.15) is 5.75 Å². The Morgan fingerprint density at radius 3 is 2.81 bits per heavy atom. The summed E-state index contributed by atoms with van der Waals surface area (Å²) in [5, 5.41) is 18.6. The van der Waals surface area contributed by atoms with Crippen molar-refractivity contribution in [2.75, 3.05) is 0 Å². The van der Waals surface area contributed by atoms with Gasteiger partial charge in [0.05, 0.1) is 5.92 Å². The average Bonchev–Trinajstić information content (AvgIpc) is 2.56. The van der Waals surface area contributed by atoms with Gasteiger partial charge < -0.3 is 10.2 Å². The summed E-state index contributed by atoms with van der Waals surface area (Å²) < 4.78 is 0. The molecule has 0 amide bonds. The van der Waals surface area contributed by atoms with Gasteiger partial charge in [0.25, 0.3) is 0 Å². The minimum absolute atomic E-state index is 0.212. The van der Waals surface area contributed by atoms with Crippen molar-refractivity contribution >= 4 is 5.97 Å². The first-order valence-corrected chi connectivity index (χ1v) is 5.50. The lowest BCUT2D eigenvalue weighted by Crippen LogP contribution is -2.33. The summed E-state index contributed by atoms with van der Waals surface area (Å²) in [4.78, 5) is 11.1. The van der Waals surface area contributed by atoms with Crippen LogP contribution in [0.4, 0.5) is 0 Å². The molecule has 0 bridgehead atoms. The van der Waals surface area contributed by atoms with Crippen LogP contribution in [0.25, 0.3) is 0 Å². The van der Waals surface area contributed by atoms with Gasteiger partial charge in [-0.25, -0.2) is 0 Å². The van der Waals surface area contributed by atoms with Crippen molar-refractivity contribution in [3.8, 4) is 5.75 Å². The molecule has 0 aromatic heterocycles. The van der Waals surface area contributed by atoms with Gasteiger partial charge in [-0.1, -0.05) is 19.9 Å². The minimum Gasteiger partial charge on any atom is -0.508 e. The molecule has 3 heteroatoms. The number of carbonyl (C=O) groups is 1. The van der Waals surface area contributed by atoms with Gasteiger partial charge in [-0.05, 0) is 36.1 Å². The highest BCUT2D eigenvalue weighted by Crippen LogP contribution is 2.45. The Balaban J connectivity index is 2.49. The number of benzene rings is 1. The van der Waals surface area contributed by atoms with E-state index in [0.717, 1.165) is 24.0 Å². The van der Waals surface area contributed by atoms with E-state index < -0.39 is 11.9 Å². The van der Waals surface area contributed by atoms with E-state index in [9.17, 15) is 9.90 Å². The maximum atomic E-state index is 11.1. The second kappa shape index (κ2) is 3.51. The van der Waals surface area contributed by atoms with Gasteiger partial charge in [0, 0.05) is 5.41 Å². The summed E-state index contributed by atoms with van der Waals surface area (Å²) >= 11 is 0. The van der Waals surface area contributed by atoms with E-state index in [0.29, 0.717) is 0 Å². The number of phenols is 1. The van der Waals surface area contributed by atoms with Crippen LogP contribution in [0, 0.1) is 5.92 Å². The molecule has 1 aliphatic carbocycles. The van der Waals surface area contributed by atoms with Gasteiger partial charge in [0.15, 0.2) is 0 Å². The van der Waals surface area contributed by atoms with Gasteiger partial charge >= 0.3 is 5.97 Å². The van der Waals surface area contributed by atoms with Crippen LogP contribution >= 0.6 is 0 Å². The fraction of sp³-hybridized carbons (Fsp3) is 0.462. The Labute approximate surface area is 94.7 Å². The van der Waals surface area contributed by atoms with E-state index in [4.69, 9.17) is 5.11 Å². The lowest BCUT2D eigenvalue weighted by molar-refractivity contribution is -0.143. The van der Waals surface area contributed by atoms with E-state index in [-0.39, 0.29) is 11.2 Å². The van der Waals surface area contributed by atoms with Gasteiger partial charge in [-0.15, -0.1) is 0 Å². The van der Waals surface area contributed by atoms with Gasteiger partial charge in [0.2, 0.25) is 0 Å². The molecule has 2 N–H and O–H groups in total. The van der Waals surface area contributed by atoms with Crippen LogP contribution in [0.5, 0.6) is 5.75 Å². The van der Waals surface area contributed by atoms with Crippen LogP contribution in [0.15, 0.2) is 18.2 Å². The van der Waals surface area contributed by atoms with Crippen molar-refractivity contribution in [2.24, 2.45) is 5.92 Å². The molecule has 0 radical (unpaired) electrons. The SMILES string of the molecule is C[C@@H](C(=O)O)[C@@]1(C)CCc2ccc(O)cc21. The third kappa shape index (κ3) is 1.47. The number of hydrogen-bond acceptors (Lipinski definition) is 2. The highest BCUT2D eigenvalue weighted by molar-refractivity contribution is 5.72. The molecule has 0 aliphatic heterocycles. The molecule has 0 heterocycles. The number of aliphatic carboxylic acids is 1. The standard InChI is InChI=1S/C13H16O3/c1-8(12(15)16)13(2)6-5-9-3-4-10(14)7-11(9)13/h3-4,7-8,14H,5-6H2,1-2H3,(H,15,16)/t8-,13+/m0/s1. The summed E-state index contributed by atoms with van der Waals surface area (Å²) in [5.74, 6) is -1.00. The van der Waals surface area contributed by atoms with Crippen LogP contribution in [-0.2, 0) is 16.6 Å². The lowest BCUT2D eigenvalue weighted by Gasteiger charge is -2.29. The van der Waals surface area contributed by atoms with E-state index >= 15 is 0 Å². The number of aryl methyl sites for hydroxylation is 1. The predicted octanol–water partition coefficient (Wildman–Crippen LogP) is 2.32. The zero-order valence-corrected chi connectivity index (χ0v) is 9.53. The summed E-state index contributed by atoms with van der Waals surface area (Å²) in [6.07, 6.45) is 1.73. The van der Waals surface area contributed by atoms with Crippen molar-refractivity contribution in [1.82, 2.24) is 0 Å². The summed E-state index contributed by atoms with van der Waals surface area (Å²) in [6, 6.07) is 5.27. The number of phenolic OH excluding ortho intramolecular Hbond substituents is 1. The van der Waals surface area contributed by atoms with Crippen LogP contribution in [0.1, 0.15) is 31.4 Å². The number of hydrogen-bond donors (Lipinski definition) is 2. The average molecular weight is 220 g/mol. The molecule has 2 rings (SSSR count). The Morgan fingerprint density at radius 2 is 2.19 bits per heavy atom. The van der Waals surface area contributed by atoms with Crippen LogP contribution in [-0.4, -0.2) is 16.2 Å². The number of carboxylic acid groups (broad SMARTS) is 1. The summed E-state index contributed by atoms with van der Waals surface area (Å²) in [5.41, 5.74) is 1.79. The Kier molecular flexibility index (Phi) is 2.41. The third-order valence-electron chi connectivity index (χ3n) is 3.95. The second-order valence-corrected chi connectivity index (χ2v) is 4.82. The first-order valence-electron chi connectivity index (χ1n) is 5.50. The van der Waals surface area contributed by atoms with E-state index in [1.54, 1.807) is 19.1 Å². The fourth-order valence-corrected chi connectivity index (χ4v) is 2.57. The molecule has 1 aliphatic rings. The third-order valence-corrected chi connectivity index (χ3v) is 3.95. The highest BCUT2D eigenvalue weighted by Gasteiger charge is 2.42. The zero-order chi connectivity index (χ0) is 11.9. The molecule has 0 saturated carbocycles. The smallest absolute Gasteiger partial charge is 0.307 e. The lowest BCUT2D eigenvalue weighted by atomic mass is 9.73. The molecule has 0 spiro atoms. The molecule has 2 atom stereocenters. The molecule has 3 nitrogen and oxygen atoms in total.